The molecule has 0 aromatic rings. The fraction of sp³-hybridized carbons (Fsp3) is 0.947. The summed E-state index contributed by atoms with van der Waals surface area (Å²) in [5.74, 6) is -1.85. The zero-order valence-corrected chi connectivity index (χ0v) is 19.1. The average Bonchev–Trinajstić information content (AvgIpc) is 2.85. The lowest BCUT2D eigenvalue weighted by molar-refractivity contribution is -0.367. The van der Waals surface area contributed by atoms with Crippen LogP contribution in [0.25, 0.3) is 0 Å². The van der Waals surface area contributed by atoms with Crippen molar-refractivity contribution >= 4 is 5.97 Å². The van der Waals surface area contributed by atoms with E-state index in [1.54, 1.807) is 0 Å². The highest BCUT2D eigenvalue weighted by molar-refractivity contribution is 5.72. The van der Waals surface area contributed by atoms with Gasteiger partial charge in [-0.2, -0.15) is 0 Å². The minimum Gasteiger partial charge on any atom is -0.479 e. The number of rotatable bonds is 12. The maximum absolute atomic E-state index is 11.0. The fourth-order valence-corrected chi connectivity index (χ4v) is 3.81. The lowest BCUT2D eigenvalue weighted by atomic mass is 9.96. The molecule has 0 aliphatic carbocycles. The highest BCUT2D eigenvalue weighted by Crippen LogP contribution is 2.30. The summed E-state index contributed by atoms with van der Waals surface area (Å²) in [5, 5.41) is 109. The van der Waals surface area contributed by atoms with Crippen molar-refractivity contribution in [3.05, 3.63) is 0 Å². The molecule has 17 heteroatoms. The second-order valence-electron chi connectivity index (χ2n) is 8.40. The van der Waals surface area contributed by atoms with Crippen LogP contribution in [0.1, 0.15) is 0 Å². The van der Waals surface area contributed by atoms with Gasteiger partial charge in [-0.3, -0.25) is 0 Å². The molecule has 0 bridgehead atoms. The number of hydrogen-bond donors (Lipinski definition) is 11. The maximum atomic E-state index is 11.0. The monoisotopic (exact) mass is 534 g/mol. The number of aliphatic hydroxyl groups is 10. The summed E-state index contributed by atoms with van der Waals surface area (Å²) in [6.07, 6.45) is -25.9. The molecule has 0 radical (unpaired) electrons. The molecule has 0 saturated carbocycles. The number of hydrogen-bond acceptors (Lipinski definition) is 16. The van der Waals surface area contributed by atoms with Crippen molar-refractivity contribution in [2.75, 3.05) is 26.9 Å². The van der Waals surface area contributed by atoms with Crippen LogP contribution in [0.15, 0.2) is 0 Å². The van der Waals surface area contributed by atoms with E-state index in [9.17, 15) is 55.9 Å². The molecule has 0 aromatic heterocycles. The summed E-state index contributed by atoms with van der Waals surface area (Å²) in [5.41, 5.74) is 0. The number of carbonyl (C=O) groups is 1. The minimum atomic E-state index is -2.43. The Balaban J connectivity index is 2.20. The summed E-state index contributed by atoms with van der Waals surface area (Å²) in [6.45, 7) is -2.17. The summed E-state index contributed by atoms with van der Waals surface area (Å²) in [4.78, 5) is 11.0. The van der Waals surface area contributed by atoms with Gasteiger partial charge in [0.25, 0.3) is 0 Å². The second-order valence-corrected chi connectivity index (χ2v) is 8.40. The Hall–Kier alpha value is -1.13. The standard InChI is InChI=1S/C19H34O17/c1-32-4-5(22)15(10(25)12(27)17(30)31)35-19-14(29)11(26)16(7(3-21)34-19)36-18-13(28)9(24)8(23)6(2-20)33-18/h5-16,18-29H,2-4H2,1H3,(H,30,31)/t5-,6-,7-,8-,9+,10-,11-,12-,13-,14-,15-,16-,18-,19-/m1/s1. The number of ether oxygens (including phenoxy) is 5. The van der Waals surface area contributed by atoms with Crippen LogP contribution in [0.3, 0.4) is 0 Å². The van der Waals surface area contributed by atoms with Crippen LogP contribution in [0.4, 0.5) is 0 Å². The Morgan fingerprint density at radius 1 is 0.833 bits per heavy atom. The van der Waals surface area contributed by atoms with Crippen molar-refractivity contribution in [1.29, 1.82) is 0 Å². The Kier molecular flexibility index (Phi) is 11.7. The molecular formula is C19H34O17. The molecule has 11 N–H and O–H groups in total. The second kappa shape index (κ2) is 13.6. The van der Waals surface area contributed by atoms with Gasteiger partial charge in [0.1, 0.15) is 67.1 Å². The van der Waals surface area contributed by atoms with Crippen LogP contribution in [-0.4, -0.2) is 175 Å². The van der Waals surface area contributed by atoms with E-state index in [2.05, 4.69) is 0 Å². The van der Waals surface area contributed by atoms with Gasteiger partial charge in [-0.1, -0.05) is 0 Å². The Morgan fingerprint density at radius 2 is 1.39 bits per heavy atom. The van der Waals surface area contributed by atoms with Crippen LogP contribution in [0, 0.1) is 0 Å². The van der Waals surface area contributed by atoms with Crippen LogP contribution in [0.5, 0.6) is 0 Å². The Labute approximate surface area is 204 Å². The van der Waals surface area contributed by atoms with Crippen molar-refractivity contribution < 1.29 is 84.7 Å². The lowest BCUT2D eigenvalue weighted by Gasteiger charge is -2.46. The van der Waals surface area contributed by atoms with Crippen LogP contribution >= 0.6 is 0 Å². The van der Waals surface area contributed by atoms with Crippen molar-refractivity contribution in [3.63, 3.8) is 0 Å². The van der Waals surface area contributed by atoms with Gasteiger partial charge in [-0.15, -0.1) is 0 Å². The summed E-state index contributed by atoms with van der Waals surface area (Å²) in [7, 11) is 1.17. The summed E-state index contributed by atoms with van der Waals surface area (Å²) < 4.78 is 26.0. The molecule has 14 atom stereocenters. The van der Waals surface area contributed by atoms with Gasteiger partial charge in [0, 0.05) is 7.11 Å². The van der Waals surface area contributed by atoms with E-state index in [0.717, 1.165) is 0 Å². The van der Waals surface area contributed by atoms with Crippen molar-refractivity contribution in [2.24, 2.45) is 0 Å². The average molecular weight is 534 g/mol. The lowest BCUT2D eigenvalue weighted by Crippen LogP contribution is -2.65. The van der Waals surface area contributed by atoms with Gasteiger partial charge >= 0.3 is 5.97 Å². The van der Waals surface area contributed by atoms with Crippen molar-refractivity contribution in [2.45, 2.75) is 85.8 Å². The van der Waals surface area contributed by atoms with Gasteiger partial charge in [0.2, 0.25) is 0 Å². The van der Waals surface area contributed by atoms with E-state index in [4.69, 9.17) is 28.8 Å². The molecule has 212 valence electrons. The first-order chi connectivity index (χ1) is 16.9. The van der Waals surface area contributed by atoms with Gasteiger partial charge in [-0.05, 0) is 0 Å². The molecular weight excluding hydrogens is 500 g/mol. The van der Waals surface area contributed by atoms with Crippen LogP contribution in [0.2, 0.25) is 0 Å². The van der Waals surface area contributed by atoms with E-state index < -0.39 is 112 Å². The predicted molar refractivity (Wildman–Crippen MR) is 109 cm³/mol. The molecule has 17 nitrogen and oxygen atoms in total. The van der Waals surface area contributed by atoms with E-state index in [1.807, 2.05) is 0 Å². The fourth-order valence-electron chi connectivity index (χ4n) is 3.81. The summed E-state index contributed by atoms with van der Waals surface area (Å²) >= 11 is 0. The minimum absolute atomic E-state index is 0.508. The highest BCUT2D eigenvalue weighted by Gasteiger charge is 2.52. The molecule has 2 aliphatic heterocycles. The first-order valence-corrected chi connectivity index (χ1v) is 10.9. The first kappa shape index (κ1) is 31.1. The SMILES string of the molecule is COC[C@@H](O)[C@@H](O[C@H]1O[C@H](CO)[C@@H](O[C@H]2O[C@H](CO)[C@@H](O)[C@H](O)[C@H]2O)[C@H](O)[C@H]1O)[C@H](O)[C@@H](O)C(=O)O. The van der Waals surface area contributed by atoms with E-state index in [1.165, 1.54) is 7.11 Å². The third-order valence-corrected chi connectivity index (χ3v) is 5.88. The molecule has 36 heavy (non-hydrogen) atoms. The number of carboxylic acid groups (broad SMARTS) is 1. The molecule has 2 rings (SSSR count). The van der Waals surface area contributed by atoms with Gasteiger partial charge in [-0.25, -0.2) is 4.79 Å². The third kappa shape index (κ3) is 6.84. The van der Waals surface area contributed by atoms with E-state index in [0.29, 0.717) is 0 Å². The van der Waals surface area contributed by atoms with E-state index in [-0.39, 0.29) is 0 Å². The largest absolute Gasteiger partial charge is 0.479 e. The maximum Gasteiger partial charge on any atom is 0.335 e. The zero-order chi connectivity index (χ0) is 27.3. The molecule has 0 amide bonds. The van der Waals surface area contributed by atoms with Crippen LogP contribution < -0.4 is 0 Å². The normalized spacial score (nSPS) is 40.9. The topological polar surface area (TPSA) is 286 Å². The third-order valence-electron chi connectivity index (χ3n) is 5.88. The zero-order valence-electron chi connectivity index (χ0n) is 19.1. The first-order valence-electron chi connectivity index (χ1n) is 10.9. The van der Waals surface area contributed by atoms with Gasteiger partial charge in [0.05, 0.1) is 19.8 Å². The van der Waals surface area contributed by atoms with Crippen LogP contribution in [-0.2, 0) is 28.5 Å². The smallest absolute Gasteiger partial charge is 0.335 e. The predicted octanol–water partition coefficient (Wildman–Crippen LogP) is -7.19. The number of aliphatic carboxylic acids is 1. The number of carboxylic acids is 1. The highest BCUT2D eigenvalue weighted by atomic mass is 16.7. The molecule has 0 unspecified atom stereocenters. The van der Waals surface area contributed by atoms with Gasteiger partial charge < -0.3 is 79.9 Å². The quantitative estimate of drug-likeness (QED) is 0.111. The summed E-state index contributed by atoms with van der Waals surface area (Å²) in [6, 6.07) is 0. The molecule has 2 fully saturated rings. The molecule has 2 heterocycles. The number of methoxy groups -OCH3 is 1. The molecule has 0 aromatic carbocycles. The van der Waals surface area contributed by atoms with Crippen molar-refractivity contribution in [1.82, 2.24) is 0 Å². The molecule has 2 aliphatic rings. The molecule has 0 spiro atoms. The Bertz CT molecular complexity index is 678. The Morgan fingerprint density at radius 3 is 1.92 bits per heavy atom. The van der Waals surface area contributed by atoms with Crippen molar-refractivity contribution in [3.8, 4) is 0 Å². The number of aliphatic hydroxyl groups excluding tert-OH is 10. The van der Waals surface area contributed by atoms with E-state index >= 15 is 0 Å². The van der Waals surface area contributed by atoms with Gasteiger partial charge in [0.15, 0.2) is 18.7 Å². The molecule has 2 saturated heterocycles.